The molecule has 0 N–H and O–H groups in total. The maximum absolute atomic E-state index is 12.8. The Labute approximate surface area is 175 Å². The quantitative estimate of drug-likeness (QED) is 0.279. The first-order chi connectivity index (χ1) is 13.6. The van der Waals surface area contributed by atoms with Crippen LogP contribution in [-0.2, 0) is 15.8 Å². The van der Waals surface area contributed by atoms with Crippen LogP contribution < -0.4 is 9.47 Å². The Bertz CT molecular complexity index is 898. The molecule has 0 aromatic heterocycles. The highest BCUT2D eigenvalue weighted by atomic mass is 35.5. The van der Waals surface area contributed by atoms with Gasteiger partial charge in [0.05, 0.1) is 10.6 Å². The van der Waals surface area contributed by atoms with Gasteiger partial charge in [0.1, 0.15) is 11.5 Å². The molecule has 156 valence electrons. The molecule has 0 heterocycles. The van der Waals surface area contributed by atoms with E-state index in [1.165, 1.54) is 6.07 Å². The fraction of sp³-hybridized carbons (Fsp3) is 0.300. The summed E-state index contributed by atoms with van der Waals surface area (Å²) in [5, 5.41) is 0.0815. The minimum absolute atomic E-state index is 0.0582. The zero-order chi connectivity index (χ0) is 21.6. The zero-order valence-electron chi connectivity index (χ0n) is 15.3. The van der Waals surface area contributed by atoms with E-state index in [2.05, 4.69) is 0 Å². The van der Waals surface area contributed by atoms with Crippen LogP contribution in [-0.4, -0.2) is 11.9 Å². The molecule has 0 bridgehead atoms. The molecule has 4 nitrogen and oxygen atoms in total. The predicted molar refractivity (Wildman–Crippen MR) is 102 cm³/mol. The monoisotopic (exact) mass is 448 g/mol. The van der Waals surface area contributed by atoms with Gasteiger partial charge in [0.2, 0.25) is 0 Å². The number of halogens is 5. The van der Waals surface area contributed by atoms with E-state index < -0.39 is 28.7 Å². The first-order valence-electron chi connectivity index (χ1n) is 8.60. The van der Waals surface area contributed by atoms with Crippen LogP contribution in [0.5, 0.6) is 11.5 Å². The Balaban J connectivity index is 1.76. The van der Waals surface area contributed by atoms with E-state index in [9.17, 15) is 22.8 Å². The minimum Gasteiger partial charge on any atom is -0.427 e. The molecule has 0 saturated carbocycles. The van der Waals surface area contributed by atoms with Crippen molar-refractivity contribution in [3.63, 3.8) is 0 Å². The highest BCUT2D eigenvalue weighted by molar-refractivity contribution is 6.31. The van der Waals surface area contributed by atoms with E-state index in [0.717, 1.165) is 11.6 Å². The summed E-state index contributed by atoms with van der Waals surface area (Å²) >= 11 is 11.4. The van der Waals surface area contributed by atoms with Gasteiger partial charge in [-0.25, -0.2) is 0 Å². The number of esters is 2. The summed E-state index contributed by atoms with van der Waals surface area (Å²) in [7, 11) is 0. The van der Waals surface area contributed by atoms with Crippen molar-refractivity contribution in [2.75, 3.05) is 0 Å². The van der Waals surface area contributed by atoms with Crippen molar-refractivity contribution >= 4 is 35.1 Å². The van der Waals surface area contributed by atoms with Crippen LogP contribution in [0.3, 0.4) is 0 Å². The van der Waals surface area contributed by atoms with Gasteiger partial charge in [-0.3, -0.25) is 9.59 Å². The molecule has 0 spiro atoms. The number of carbonyl (C=O) groups is 2. The van der Waals surface area contributed by atoms with Gasteiger partial charge < -0.3 is 9.47 Å². The Hall–Kier alpha value is -2.25. The normalized spacial score (nSPS) is 11.2. The van der Waals surface area contributed by atoms with Gasteiger partial charge in [-0.1, -0.05) is 23.2 Å². The van der Waals surface area contributed by atoms with Gasteiger partial charge in [0.15, 0.2) is 0 Å². The number of unbranched alkanes of at least 4 members (excludes halogenated alkanes) is 1. The SMILES string of the molecule is Cc1cc(OC(=O)CCCCC(=O)Oc2ccc(Cl)c(C(F)(F)F)c2)ccc1Cl. The number of ether oxygens (including phenoxy) is 2. The third kappa shape index (κ3) is 7.25. The van der Waals surface area contributed by atoms with Gasteiger partial charge in [0, 0.05) is 17.9 Å². The van der Waals surface area contributed by atoms with Crippen molar-refractivity contribution in [1.29, 1.82) is 0 Å². The van der Waals surface area contributed by atoms with Crippen LogP contribution in [0.25, 0.3) is 0 Å². The Morgan fingerprint density at radius 1 is 0.862 bits per heavy atom. The van der Waals surface area contributed by atoms with Crippen LogP contribution >= 0.6 is 23.2 Å². The van der Waals surface area contributed by atoms with E-state index in [1.807, 2.05) is 0 Å². The number of hydrogen-bond acceptors (Lipinski definition) is 4. The molecule has 2 aromatic rings. The largest absolute Gasteiger partial charge is 0.427 e. The summed E-state index contributed by atoms with van der Waals surface area (Å²) in [5.41, 5.74) is -0.305. The van der Waals surface area contributed by atoms with E-state index >= 15 is 0 Å². The van der Waals surface area contributed by atoms with Crippen molar-refractivity contribution in [1.82, 2.24) is 0 Å². The lowest BCUT2D eigenvalue weighted by Crippen LogP contribution is -2.11. The van der Waals surface area contributed by atoms with E-state index in [4.69, 9.17) is 32.7 Å². The van der Waals surface area contributed by atoms with Crippen molar-refractivity contribution in [3.05, 3.63) is 57.6 Å². The van der Waals surface area contributed by atoms with Crippen LogP contribution in [0.1, 0.15) is 36.8 Å². The second kappa shape index (κ2) is 9.98. The Kier molecular flexibility index (Phi) is 7.93. The molecule has 0 saturated heterocycles. The lowest BCUT2D eigenvalue weighted by Gasteiger charge is -2.11. The number of benzene rings is 2. The molecule has 0 aliphatic heterocycles. The molecule has 29 heavy (non-hydrogen) atoms. The Morgan fingerprint density at radius 2 is 1.34 bits per heavy atom. The summed E-state index contributed by atoms with van der Waals surface area (Å²) in [6, 6.07) is 7.70. The summed E-state index contributed by atoms with van der Waals surface area (Å²) in [6.07, 6.45) is -3.96. The predicted octanol–water partition coefficient (Wildman–Crippen LogP) is 6.39. The lowest BCUT2D eigenvalue weighted by molar-refractivity contribution is -0.139. The maximum Gasteiger partial charge on any atom is 0.417 e. The molecular weight excluding hydrogens is 432 g/mol. The van der Waals surface area contributed by atoms with Crippen molar-refractivity contribution in [3.8, 4) is 11.5 Å². The summed E-state index contributed by atoms with van der Waals surface area (Å²) in [6.45, 7) is 1.78. The number of rotatable bonds is 7. The first-order valence-corrected chi connectivity index (χ1v) is 9.36. The van der Waals surface area contributed by atoms with Crippen LogP contribution in [0, 0.1) is 6.92 Å². The number of hydrogen-bond donors (Lipinski definition) is 0. The molecule has 0 amide bonds. The fourth-order valence-electron chi connectivity index (χ4n) is 2.37. The van der Waals surface area contributed by atoms with E-state index in [0.29, 0.717) is 29.7 Å². The van der Waals surface area contributed by atoms with Crippen molar-refractivity contribution < 1.29 is 32.2 Å². The maximum atomic E-state index is 12.8. The van der Waals surface area contributed by atoms with E-state index in [1.54, 1.807) is 25.1 Å². The van der Waals surface area contributed by atoms with Gasteiger partial charge in [0.25, 0.3) is 0 Å². The van der Waals surface area contributed by atoms with E-state index in [-0.39, 0.29) is 18.6 Å². The molecule has 0 fully saturated rings. The third-order valence-corrected chi connectivity index (χ3v) is 4.60. The van der Waals surface area contributed by atoms with Gasteiger partial charge in [-0.2, -0.15) is 13.2 Å². The first kappa shape index (κ1) is 23.0. The molecular formula is C20H17Cl2F3O4. The number of aryl methyl sites for hydroxylation is 1. The molecule has 0 aliphatic rings. The minimum atomic E-state index is -4.65. The molecule has 2 aromatic carbocycles. The standard InChI is InChI=1S/C20H17Cl2F3O4/c1-12-10-13(6-8-16(12)21)28-18(26)4-2-3-5-19(27)29-14-7-9-17(22)15(11-14)20(23,24)25/h6-11H,2-5H2,1H3. The number of carbonyl (C=O) groups excluding carboxylic acids is 2. The molecule has 0 unspecified atom stereocenters. The highest BCUT2D eigenvalue weighted by Crippen LogP contribution is 2.36. The fourth-order valence-corrected chi connectivity index (χ4v) is 2.71. The molecule has 2 rings (SSSR count). The topological polar surface area (TPSA) is 52.6 Å². The van der Waals surface area contributed by atoms with Crippen LogP contribution in [0.15, 0.2) is 36.4 Å². The zero-order valence-corrected chi connectivity index (χ0v) is 16.8. The molecule has 0 radical (unpaired) electrons. The van der Waals surface area contributed by atoms with Crippen molar-refractivity contribution in [2.45, 2.75) is 38.8 Å². The summed E-state index contributed by atoms with van der Waals surface area (Å²) < 4.78 is 48.5. The number of alkyl halides is 3. The Morgan fingerprint density at radius 3 is 1.83 bits per heavy atom. The van der Waals surface area contributed by atoms with Gasteiger partial charge >= 0.3 is 18.1 Å². The van der Waals surface area contributed by atoms with Crippen LogP contribution in [0.4, 0.5) is 13.2 Å². The molecule has 0 atom stereocenters. The molecule has 9 heteroatoms. The second-order valence-electron chi connectivity index (χ2n) is 6.21. The lowest BCUT2D eigenvalue weighted by atomic mass is 10.2. The van der Waals surface area contributed by atoms with Crippen molar-refractivity contribution in [2.24, 2.45) is 0 Å². The second-order valence-corrected chi connectivity index (χ2v) is 7.02. The van der Waals surface area contributed by atoms with Crippen LogP contribution in [0.2, 0.25) is 10.0 Å². The summed E-state index contributed by atoms with van der Waals surface area (Å²) in [4.78, 5) is 23.6. The third-order valence-electron chi connectivity index (χ3n) is 3.85. The molecule has 0 aliphatic carbocycles. The summed E-state index contributed by atoms with van der Waals surface area (Å²) in [5.74, 6) is -1.04. The average molecular weight is 449 g/mol. The average Bonchev–Trinajstić information content (AvgIpc) is 2.62. The van der Waals surface area contributed by atoms with Gasteiger partial charge in [-0.05, 0) is 61.7 Å². The highest BCUT2D eigenvalue weighted by Gasteiger charge is 2.33. The van der Waals surface area contributed by atoms with Gasteiger partial charge in [-0.15, -0.1) is 0 Å². The smallest absolute Gasteiger partial charge is 0.417 e.